The summed E-state index contributed by atoms with van der Waals surface area (Å²) in [6.07, 6.45) is -0.614. The second-order valence-electron chi connectivity index (χ2n) is 5.09. The van der Waals surface area contributed by atoms with Crippen LogP contribution in [0.3, 0.4) is 0 Å². The molecule has 0 aliphatic rings. The number of hydrogen-bond acceptors (Lipinski definition) is 4. The molecule has 1 aromatic carbocycles. The molecule has 0 heterocycles. The minimum atomic E-state index is -0.980. The molecule has 0 saturated heterocycles. The van der Waals surface area contributed by atoms with E-state index in [-0.39, 0.29) is 0 Å². The van der Waals surface area contributed by atoms with E-state index in [1.807, 2.05) is 0 Å². The summed E-state index contributed by atoms with van der Waals surface area (Å²) in [5, 5.41) is 2.55. The molecule has 1 rings (SSSR count). The van der Waals surface area contributed by atoms with E-state index in [1.54, 1.807) is 45.0 Å². The highest BCUT2D eigenvalue weighted by Gasteiger charge is 2.20. The van der Waals surface area contributed by atoms with Gasteiger partial charge in [-0.05, 0) is 26.8 Å². The van der Waals surface area contributed by atoms with Gasteiger partial charge in [0.25, 0.3) is 0 Å². The lowest BCUT2D eigenvalue weighted by atomic mass is 10.1. The van der Waals surface area contributed by atoms with E-state index in [1.165, 1.54) is 0 Å². The van der Waals surface area contributed by atoms with Crippen molar-refractivity contribution in [2.24, 2.45) is 11.5 Å². The molecule has 5 N–H and O–H groups in total. The van der Waals surface area contributed by atoms with E-state index in [4.69, 9.17) is 16.2 Å². The third-order valence-corrected chi connectivity index (χ3v) is 2.24. The number of rotatable bonds is 3. The zero-order chi connectivity index (χ0) is 14.6. The predicted octanol–water partition coefficient (Wildman–Crippen LogP) is 1.52. The lowest BCUT2D eigenvalue weighted by Gasteiger charge is -2.21. The van der Waals surface area contributed by atoms with Crippen LogP contribution in [0.4, 0.5) is 10.5 Å². The molecule has 104 valence electrons. The van der Waals surface area contributed by atoms with Gasteiger partial charge in [0, 0.05) is 11.3 Å². The Morgan fingerprint density at radius 3 is 2.37 bits per heavy atom. The standard InChI is InChI=1S/C13H19N3O3/c1-13(2,3)19-12(18)16-9-7-5-4-6-8(9)10(14)11(15)17/h4-7,10H,14H2,1-3H3,(H2,15,17)(H,16,18). The molecule has 6 nitrogen and oxygen atoms in total. The Labute approximate surface area is 112 Å². The number of anilines is 1. The highest BCUT2D eigenvalue weighted by Crippen LogP contribution is 2.21. The van der Waals surface area contributed by atoms with Gasteiger partial charge < -0.3 is 16.2 Å². The lowest BCUT2D eigenvalue weighted by molar-refractivity contribution is -0.119. The van der Waals surface area contributed by atoms with Crippen LogP contribution in [-0.2, 0) is 9.53 Å². The van der Waals surface area contributed by atoms with Gasteiger partial charge in [-0.3, -0.25) is 10.1 Å². The fourth-order valence-corrected chi connectivity index (χ4v) is 1.45. The zero-order valence-corrected chi connectivity index (χ0v) is 11.3. The van der Waals surface area contributed by atoms with Crippen molar-refractivity contribution in [3.8, 4) is 0 Å². The number of carbonyl (C=O) groups excluding carboxylic acids is 2. The van der Waals surface area contributed by atoms with Crippen molar-refractivity contribution < 1.29 is 14.3 Å². The Hall–Kier alpha value is -2.08. The Kier molecular flexibility index (Phi) is 4.50. The number of hydrogen-bond donors (Lipinski definition) is 3. The molecule has 19 heavy (non-hydrogen) atoms. The molecule has 0 radical (unpaired) electrons. The summed E-state index contributed by atoms with van der Waals surface area (Å²) in [6.45, 7) is 5.27. The van der Waals surface area contributed by atoms with Crippen LogP contribution in [-0.4, -0.2) is 17.6 Å². The topological polar surface area (TPSA) is 107 Å². The van der Waals surface area contributed by atoms with Crippen LogP contribution < -0.4 is 16.8 Å². The number of benzene rings is 1. The molecule has 0 bridgehead atoms. The van der Waals surface area contributed by atoms with Crippen LogP contribution in [0, 0.1) is 0 Å². The Morgan fingerprint density at radius 1 is 1.26 bits per heavy atom. The van der Waals surface area contributed by atoms with Gasteiger partial charge in [0.1, 0.15) is 11.6 Å². The van der Waals surface area contributed by atoms with Gasteiger partial charge >= 0.3 is 6.09 Å². The van der Waals surface area contributed by atoms with E-state index in [2.05, 4.69) is 5.32 Å². The summed E-state index contributed by atoms with van der Waals surface area (Å²) >= 11 is 0. The molecule has 0 aliphatic heterocycles. The Balaban J connectivity index is 2.90. The maximum absolute atomic E-state index is 11.7. The summed E-state index contributed by atoms with van der Waals surface area (Å²) < 4.78 is 5.13. The van der Waals surface area contributed by atoms with Crippen molar-refractivity contribution in [2.75, 3.05) is 5.32 Å². The van der Waals surface area contributed by atoms with Crippen molar-refractivity contribution in [1.82, 2.24) is 0 Å². The molecule has 0 aliphatic carbocycles. The molecular weight excluding hydrogens is 246 g/mol. The van der Waals surface area contributed by atoms with E-state index in [0.29, 0.717) is 11.3 Å². The second-order valence-corrected chi connectivity index (χ2v) is 5.09. The molecule has 0 aromatic heterocycles. The molecule has 1 unspecified atom stereocenters. The predicted molar refractivity (Wildman–Crippen MR) is 72.4 cm³/mol. The molecule has 2 amide bonds. The fourth-order valence-electron chi connectivity index (χ4n) is 1.45. The fraction of sp³-hybridized carbons (Fsp3) is 0.385. The SMILES string of the molecule is CC(C)(C)OC(=O)Nc1ccccc1C(N)C(N)=O. The molecule has 0 fully saturated rings. The van der Waals surface area contributed by atoms with Gasteiger partial charge in [0.15, 0.2) is 0 Å². The second kappa shape index (κ2) is 5.71. The van der Waals surface area contributed by atoms with Crippen LogP contribution in [0.2, 0.25) is 0 Å². The van der Waals surface area contributed by atoms with Gasteiger partial charge in [-0.1, -0.05) is 18.2 Å². The van der Waals surface area contributed by atoms with Gasteiger partial charge in [0.2, 0.25) is 5.91 Å². The number of para-hydroxylation sites is 1. The van der Waals surface area contributed by atoms with E-state index >= 15 is 0 Å². The largest absolute Gasteiger partial charge is 0.444 e. The van der Waals surface area contributed by atoms with E-state index in [0.717, 1.165) is 0 Å². The average Bonchev–Trinajstić information content (AvgIpc) is 2.26. The van der Waals surface area contributed by atoms with Crippen molar-refractivity contribution >= 4 is 17.7 Å². The molecule has 6 heteroatoms. The zero-order valence-electron chi connectivity index (χ0n) is 11.3. The Morgan fingerprint density at radius 2 is 1.84 bits per heavy atom. The van der Waals surface area contributed by atoms with Gasteiger partial charge in [-0.2, -0.15) is 0 Å². The first-order valence-electron chi connectivity index (χ1n) is 5.84. The highest BCUT2D eigenvalue weighted by atomic mass is 16.6. The lowest BCUT2D eigenvalue weighted by Crippen LogP contribution is -2.31. The quantitative estimate of drug-likeness (QED) is 0.770. The third kappa shape index (κ3) is 4.59. The summed E-state index contributed by atoms with van der Waals surface area (Å²) in [5.74, 6) is -0.668. The monoisotopic (exact) mass is 265 g/mol. The van der Waals surface area contributed by atoms with Crippen LogP contribution in [0.15, 0.2) is 24.3 Å². The maximum atomic E-state index is 11.7. The van der Waals surface area contributed by atoms with Crippen molar-refractivity contribution in [3.63, 3.8) is 0 Å². The number of amides is 2. The number of ether oxygens (including phenoxy) is 1. The van der Waals surface area contributed by atoms with Gasteiger partial charge in [-0.15, -0.1) is 0 Å². The van der Waals surface area contributed by atoms with Crippen molar-refractivity contribution in [2.45, 2.75) is 32.4 Å². The summed E-state index contributed by atoms with van der Waals surface area (Å²) in [5.41, 5.74) is 11.1. The normalized spacial score (nSPS) is 12.6. The average molecular weight is 265 g/mol. The molecule has 1 aromatic rings. The van der Waals surface area contributed by atoms with Gasteiger partial charge in [0.05, 0.1) is 0 Å². The smallest absolute Gasteiger partial charge is 0.412 e. The number of nitrogens with two attached hydrogens (primary N) is 2. The van der Waals surface area contributed by atoms with E-state index in [9.17, 15) is 9.59 Å². The molecular formula is C13H19N3O3. The van der Waals surface area contributed by atoms with Crippen molar-refractivity contribution in [1.29, 1.82) is 0 Å². The number of nitrogens with one attached hydrogen (secondary N) is 1. The minimum Gasteiger partial charge on any atom is -0.444 e. The minimum absolute atomic E-state index is 0.406. The first kappa shape index (κ1) is 15.0. The molecule has 1 atom stereocenters. The van der Waals surface area contributed by atoms with E-state index < -0.39 is 23.6 Å². The Bertz CT molecular complexity index is 480. The van der Waals surface area contributed by atoms with Crippen LogP contribution in [0.1, 0.15) is 32.4 Å². The summed E-state index contributed by atoms with van der Waals surface area (Å²) in [6, 6.07) is 5.69. The molecule has 0 saturated carbocycles. The van der Waals surface area contributed by atoms with Crippen LogP contribution in [0.25, 0.3) is 0 Å². The van der Waals surface area contributed by atoms with Gasteiger partial charge in [-0.25, -0.2) is 4.79 Å². The maximum Gasteiger partial charge on any atom is 0.412 e. The summed E-state index contributed by atoms with van der Waals surface area (Å²) in [4.78, 5) is 22.8. The third-order valence-electron chi connectivity index (χ3n) is 2.24. The highest BCUT2D eigenvalue weighted by molar-refractivity contribution is 5.89. The first-order chi connectivity index (χ1) is 8.70. The first-order valence-corrected chi connectivity index (χ1v) is 5.84. The molecule has 0 spiro atoms. The summed E-state index contributed by atoms with van der Waals surface area (Å²) in [7, 11) is 0. The van der Waals surface area contributed by atoms with Crippen LogP contribution >= 0.6 is 0 Å². The number of carbonyl (C=O) groups is 2. The number of primary amides is 1. The van der Waals surface area contributed by atoms with Crippen molar-refractivity contribution in [3.05, 3.63) is 29.8 Å². The van der Waals surface area contributed by atoms with Crippen LogP contribution in [0.5, 0.6) is 0 Å².